The molecule has 0 aromatic rings. The van der Waals surface area contributed by atoms with Gasteiger partial charge in [-0.3, -0.25) is 0 Å². The summed E-state index contributed by atoms with van der Waals surface area (Å²) in [5, 5.41) is 3.21. The molecular weight excluding hydrogens is 142 g/mol. The smallest absolute Gasteiger partial charge is 0.113 e. The molecule has 0 aromatic carbocycles. The van der Waals surface area contributed by atoms with Crippen molar-refractivity contribution in [2.24, 2.45) is 0 Å². The average molecular weight is 157 g/mol. The van der Waals surface area contributed by atoms with Crippen molar-refractivity contribution in [2.45, 2.75) is 25.0 Å². The molecule has 2 fully saturated rings. The van der Waals surface area contributed by atoms with E-state index in [-0.39, 0.29) is 11.2 Å². The van der Waals surface area contributed by atoms with Gasteiger partial charge in [0.05, 0.1) is 18.8 Å². The lowest BCUT2D eigenvalue weighted by atomic mass is 9.96. The Labute approximate surface area is 67.1 Å². The fraction of sp³-hybridized carbons (Fsp3) is 1.00. The Balaban J connectivity index is 1.88. The molecule has 3 heteroatoms. The number of nitrogens with one attached hydrogen (secondary N) is 1. The molecule has 2 aliphatic heterocycles. The Morgan fingerprint density at radius 2 is 1.82 bits per heavy atom. The molecule has 0 atom stereocenters. The molecule has 0 aliphatic carbocycles. The SMILES string of the molecule is CC1(OC2(C)COC2)CNC1. The van der Waals surface area contributed by atoms with Gasteiger partial charge in [-0.15, -0.1) is 0 Å². The van der Waals surface area contributed by atoms with Gasteiger partial charge in [0.25, 0.3) is 0 Å². The van der Waals surface area contributed by atoms with Gasteiger partial charge in [-0.1, -0.05) is 0 Å². The second kappa shape index (κ2) is 2.19. The Morgan fingerprint density at radius 3 is 2.09 bits per heavy atom. The molecular formula is C8H15NO2. The first-order valence-corrected chi connectivity index (χ1v) is 4.11. The van der Waals surface area contributed by atoms with Gasteiger partial charge in [0.1, 0.15) is 5.60 Å². The van der Waals surface area contributed by atoms with Crippen LogP contribution in [0.15, 0.2) is 0 Å². The average Bonchev–Trinajstić information content (AvgIpc) is 1.81. The minimum atomic E-state index is -0.00313. The molecule has 0 unspecified atom stereocenters. The van der Waals surface area contributed by atoms with Crippen LogP contribution >= 0.6 is 0 Å². The van der Waals surface area contributed by atoms with E-state index in [1.54, 1.807) is 0 Å². The van der Waals surface area contributed by atoms with Crippen LogP contribution in [-0.2, 0) is 9.47 Å². The molecule has 0 amide bonds. The Bertz CT molecular complexity index is 143. The Morgan fingerprint density at radius 1 is 1.18 bits per heavy atom. The first-order valence-electron chi connectivity index (χ1n) is 4.11. The van der Waals surface area contributed by atoms with Gasteiger partial charge in [0, 0.05) is 13.1 Å². The second-order valence-electron chi connectivity index (χ2n) is 4.10. The third kappa shape index (κ3) is 1.28. The lowest BCUT2D eigenvalue weighted by molar-refractivity contribution is -0.257. The van der Waals surface area contributed by atoms with E-state index < -0.39 is 0 Å². The number of ether oxygens (including phenoxy) is 2. The molecule has 11 heavy (non-hydrogen) atoms. The maximum absolute atomic E-state index is 5.91. The van der Waals surface area contributed by atoms with Crippen LogP contribution < -0.4 is 5.32 Å². The summed E-state index contributed by atoms with van der Waals surface area (Å²) in [7, 11) is 0. The first-order chi connectivity index (χ1) is 5.12. The Kier molecular flexibility index (Phi) is 1.50. The normalized spacial score (nSPS) is 32.2. The molecule has 3 nitrogen and oxygen atoms in total. The second-order valence-corrected chi connectivity index (χ2v) is 4.10. The monoisotopic (exact) mass is 157 g/mol. The van der Waals surface area contributed by atoms with Gasteiger partial charge in [-0.2, -0.15) is 0 Å². The van der Waals surface area contributed by atoms with E-state index in [0.29, 0.717) is 0 Å². The van der Waals surface area contributed by atoms with Crippen LogP contribution in [-0.4, -0.2) is 37.5 Å². The van der Waals surface area contributed by atoms with Crippen molar-refractivity contribution in [3.63, 3.8) is 0 Å². The van der Waals surface area contributed by atoms with Crippen LogP contribution in [0.2, 0.25) is 0 Å². The van der Waals surface area contributed by atoms with E-state index in [9.17, 15) is 0 Å². The maximum Gasteiger partial charge on any atom is 0.113 e. The standard InChI is InChI=1S/C8H15NO2/c1-7(3-9-4-7)11-8(2)5-10-6-8/h9H,3-6H2,1-2H3. The van der Waals surface area contributed by atoms with E-state index >= 15 is 0 Å². The third-order valence-electron chi connectivity index (χ3n) is 2.31. The molecule has 0 radical (unpaired) electrons. The predicted octanol–water partition coefficient (Wildman–Crippen LogP) is 0.154. The van der Waals surface area contributed by atoms with Crippen LogP contribution in [0.25, 0.3) is 0 Å². The zero-order chi connectivity index (χ0) is 7.95. The van der Waals surface area contributed by atoms with E-state index in [4.69, 9.17) is 9.47 Å². The number of rotatable bonds is 2. The van der Waals surface area contributed by atoms with Crippen molar-refractivity contribution in [3.05, 3.63) is 0 Å². The highest BCUT2D eigenvalue weighted by molar-refractivity contribution is 4.95. The quantitative estimate of drug-likeness (QED) is 0.619. The van der Waals surface area contributed by atoms with Crippen molar-refractivity contribution in [3.8, 4) is 0 Å². The summed E-state index contributed by atoms with van der Waals surface area (Å²) in [6.07, 6.45) is 0. The van der Waals surface area contributed by atoms with Crippen LogP contribution in [0.4, 0.5) is 0 Å². The molecule has 0 saturated carbocycles. The summed E-state index contributed by atoms with van der Waals surface area (Å²) in [6, 6.07) is 0. The molecule has 0 aromatic heterocycles. The van der Waals surface area contributed by atoms with Gasteiger partial charge >= 0.3 is 0 Å². The minimum absolute atomic E-state index is 0.00313. The summed E-state index contributed by atoms with van der Waals surface area (Å²) in [6.45, 7) is 7.71. The van der Waals surface area contributed by atoms with Gasteiger partial charge in [-0.25, -0.2) is 0 Å². The van der Waals surface area contributed by atoms with E-state index in [1.807, 2.05) is 0 Å². The topological polar surface area (TPSA) is 30.5 Å². The highest BCUT2D eigenvalue weighted by Crippen LogP contribution is 2.29. The highest BCUT2D eigenvalue weighted by Gasteiger charge is 2.44. The first kappa shape index (κ1) is 7.53. The van der Waals surface area contributed by atoms with Gasteiger partial charge in [-0.05, 0) is 13.8 Å². The molecule has 2 saturated heterocycles. The van der Waals surface area contributed by atoms with Crippen molar-refractivity contribution in [2.75, 3.05) is 26.3 Å². The van der Waals surface area contributed by atoms with Crippen molar-refractivity contribution >= 4 is 0 Å². The van der Waals surface area contributed by atoms with Crippen LogP contribution in [0.3, 0.4) is 0 Å². The van der Waals surface area contributed by atoms with Gasteiger partial charge < -0.3 is 14.8 Å². The molecule has 2 heterocycles. The lowest BCUT2D eigenvalue weighted by Gasteiger charge is -2.49. The summed E-state index contributed by atoms with van der Waals surface area (Å²) in [5.74, 6) is 0. The molecule has 64 valence electrons. The van der Waals surface area contributed by atoms with Crippen LogP contribution in [0, 0.1) is 0 Å². The van der Waals surface area contributed by atoms with Gasteiger partial charge in [0.2, 0.25) is 0 Å². The molecule has 0 bridgehead atoms. The largest absolute Gasteiger partial charge is 0.375 e. The molecule has 2 aliphatic rings. The number of hydrogen-bond donors (Lipinski definition) is 1. The zero-order valence-electron chi connectivity index (χ0n) is 7.14. The lowest BCUT2D eigenvalue weighted by Crippen LogP contribution is -2.65. The van der Waals surface area contributed by atoms with E-state index in [1.165, 1.54) is 0 Å². The molecule has 2 rings (SSSR count). The van der Waals surface area contributed by atoms with Gasteiger partial charge in [0.15, 0.2) is 0 Å². The summed E-state index contributed by atoms with van der Waals surface area (Å²) in [5.41, 5.74) is 0.0649. The minimum Gasteiger partial charge on any atom is -0.375 e. The van der Waals surface area contributed by atoms with Crippen molar-refractivity contribution < 1.29 is 9.47 Å². The van der Waals surface area contributed by atoms with E-state index in [2.05, 4.69) is 19.2 Å². The predicted molar refractivity (Wildman–Crippen MR) is 41.6 cm³/mol. The van der Waals surface area contributed by atoms with Crippen molar-refractivity contribution in [1.29, 1.82) is 0 Å². The summed E-state index contributed by atoms with van der Waals surface area (Å²) in [4.78, 5) is 0. The summed E-state index contributed by atoms with van der Waals surface area (Å²) >= 11 is 0. The number of hydrogen-bond acceptors (Lipinski definition) is 3. The van der Waals surface area contributed by atoms with Crippen LogP contribution in [0.1, 0.15) is 13.8 Å². The summed E-state index contributed by atoms with van der Waals surface area (Å²) < 4.78 is 11.0. The zero-order valence-corrected chi connectivity index (χ0v) is 7.14. The van der Waals surface area contributed by atoms with E-state index in [0.717, 1.165) is 26.3 Å². The maximum atomic E-state index is 5.91. The highest BCUT2D eigenvalue weighted by atomic mass is 16.6. The van der Waals surface area contributed by atoms with Crippen LogP contribution in [0.5, 0.6) is 0 Å². The fourth-order valence-electron chi connectivity index (χ4n) is 1.59. The molecule has 1 N–H and O–H groups in total. The van der Waals surface area contributed by atoms with Crippen molar-refractivity contribution in [1.82, 2.24) is 5.32 Å². The fourth-order valence-corrected chi connectivity index (χ4v) is 1.59. The molecule has 0 spiro atoms. The Hall–Kier alpha value is -0.120. The third-order valence-corrected chi connectivity index (χ3v) is 2.31.